The van der Waals surface area contributed by atoms with Crippen LogP contribution in [-0.2, 0) is 4.79 Å². The summed E-state index contributed by atoms with van der Waals surface area (Å²) in [4.78, 5) is 22.2. The Balaban J connectivity index is 2.37. The van der Waals surface area contributed by atoms with Crippen molar-refractivity contribution in [2.75, 3.05) is 6.54 Å². The third kappa shape index (κ3) is 3.12. The number of furan rings is 1. The number of nitrogens with one attached hydrogen (secondary N) is 1. The molecule has 0 aromatic carbocycles. The second-order valence-electron chi connectivity index (χ2n) is 4.17. The highest BCUT2D eigenvalue weighted by Crippen LogP contribution is 2.19. The summed E-state index contributed by atoms with van der Waals surface area (Å²) in [5, 5.41) is 11.5. The smallest absolute Gasteiger partial charge is 0.309 e. The van der Waals surface area contributed by atoms with Crippen LogP contribution in [-0.4, -0.2) is 23.5 Å². The summed E-state index contributed by atoms with van der Waals surface area (Å²) in [6, 6.07) is 3.17. The van der Waals surface area contributed by atoms with Crippen LogP contribution >= 0.6 is 0 Å². The van der Waals surface area contributed by atoms with E-state index in [-0.39, 0.29) is 11.7 Å². The molecule has 16 heavy (non-hydrogen) atoms. The zero-order valence-corrected chi connectivity index (χ0v) is 9.32. The summed E-state index contributed by atoms with van der Waals surface area (Å²) in [6.07, 6.45) is 1.78. The first-order chi connectivity index (χ1) is 7.43. The average Bonchev–Trinajstić information content (AvgIpc) is 2.69. The molecule has 88 valence electrons. The van der Waals surface area contributed by atoms with Gasteiger partial charge in [-0.1, -0.05) is 0 Å². The molecular formula is C11H15NO4. The average molecular weight is 225 g/mol. The van der Waals surface area contributed by atoms with Gasteiger partial charge in [-0.25, -0.2) is 0 Å². The van der Waals surface area contributed by atoms with Crippen LogP contribution in [0.4, 0.5) is 0 Å². The van der Waals surface area contributed by atoms with Crippen LogP contribution in [0.15, 0.2) is 22.8 Å². The SMILES string of the molecule is CC(C)(CCNC(=O)c1ccco1)C(=O)O. The van der Waals surface area contributed by atoms with E-state index >= 15 is 0 Å². The van der Waals surface area contributed by atoms with Crippen molar-refractivity contribution in [3.05, 3.63) is 24.2 Å². The van der Waals surface area contributed by atoms with Crippen molar-refractivity contribution in [2.24, 2.45) is 5.41 Å². The van der Waals surface area contributed by atoms with Gasteiger partial charge < -0.3 is 14.8 Å². The van der Waals surface area contributed by atoms with E-state index in [1.165, 1.54) is 6.26 Å². The largest absolute Gasteiger partial charge is 0.481 e. The van der Waals surface area contributed by atoms with E-state index in [2.05, 4.69) is 5.32 Å². The molecule has 0 aliphatic carbocycles. The zero-order chi connectivity index (χ0) is 12.2. The Morgan fingerprint density at radius 3 is 2.69 bits per heavy atom. The molecule has 1 heterocycles. The van der Waals surface area contributed by atoms with Gasteiger partial charge in [-0.2, -0.15) is 0 Å². The van der Waals surface area contributed by atoms with E-state index < -0.39 is 11.4 Å². The van der Waals surface area contributed by atoms with Gasteiger partial charge >= 0.3 is 5.97 Å². The molecule has 0 fully saturated rings. The van der Waals surface area contributed by atoms with Crippen molar-refractivity contribution in [3.8, 4) is 0 Å². The summed E-state index contributed by atoms with van der Waals surface area (Å²) in [5.74, 6) is -0.973. The van der Waals surface area contributed by atoms with Gasteiger partial charge in [0.15, 0.2) is 5.76 Å². The van der Waals surface area contributed by atoms with Gasteiger partial charge in [0.2, 0.25) is 0 Å². The molecule has 0 aliphatic heterocycles. The Hall–Kier alpha value is -1.78. The Morgan fingerprint density at radius 2 is 2.19 bits per heavy atom. The molecule has 5 heteroatoms. The molecule has 1 aromatic rings. The predicted molar refractivity (Wildman–Crippen MR) is 57.1 cm³/mol. The first-order valence-corrected chi connectivity index (χ1v) is 4.98. The maximum Gasteiger partial charge on any atom is 0.309 e. The highest BCUT2D eigenvalue weighted by Gasteiger charge is 2.26. The van der Waals surface area contributed by atoms with Crippen LogP contribution < -0.4 is 5.32 Å². The van der Waals surface area contributed by atoms with Crippen LogP contribution in [0.1, 0.15) is 30.8 Å². The fraction of sp³-hybridized carbons (Fsp3) is 0.455. The highest BCUT2D eigenvalue weighted by atomic mass is 16.4. The number of carbonyl (C=O) groups excluding carboxylic acids is 1. The first-order valence-electron chi connectivity index (χ1n) is 4.98. The molecule has 2 N–H and O–H groups in total. The molecule has 1 rings (SSSR count). The van der Waals surface area contributed by atoms with Crippen LogP contribution in [0.25, 0.3) is 0 Å². The summed E-state index contributed by atoms with van der Waals surface area (Å²) < 4.78 is 4.90. The van der Waals surface area contributed by atoms with Crippen LogP contribution in [0, 0.1) is 5.41 Å². The molecule has 1 aromatic heterocycles. The molecule has 0 radical (unpaired) electrons. The van der Waals surface area contributed by atoms with Crippen LogP contribution in [0.5, 0.6) is 0 Å². The number of hydrogen-bond donors (Lipinski definition) is 2. The third-order valence-electron chi connectivity index (χ3n) is 2.36. The number of carboxylic acids is 1. The number of rotatable bonds is 5. The van der Waals surface area contributed by atoms with Crippen molar-refractivity contribution >= 4 is 11.9 Å². The Bertz CT molecular complexity index is 367. The molecule has 0 aliphatic rings. The van der Waals surface area contributed by atoms with Gasteiger partial charge in [0.25, 0.3) is 5.91 Å². The van der Waals surface area contributed by atoms with Gasteiger partial charge in [-0.05, 0) is 32.4 Å². The van der Waals surface area contributed by atoms with Gasteiger partial charge in [0, 0.05) is 6.54 Å². The fourth-order valence-electron chi connectivity index (χ4n) is 1.09. The molecule has 0 atom stereocenters. The van der Waals surface area contributed by atoms with Crippen molar-refractivity contribution in [3.63, 3.8) is 0 Å². The number of carbonyl (C=O) groups is 2. The minimum Gasteiger partial charge on any atom is -0.481 e. The Kier molecular flexibility index (Phi) is 3.71. The van der Waals surface area contributed by atoms with Crippen molar-refractivity contribution in [2.45, 2.75) is 20.3 Å². The summed E-state index contributed by atoms with van der Waals surface area (Å²) in [7, 11) is 0. The molecule has 0 unspecified atom stereocenters. The predicted octanol–water partition coefficient (Wildman–Crippen LogP) is 1.51. The molecule has 0 saturated heterocycles. The van der Waals surface area contributed by atoms with E-state index in [1.54, 1.807) is 26.0 Å². The molecule has 0 saturated carbocycles. The van der Waals surface area contributed by atoms with E-state index in [1.807, 2.05) is 0 Å². The Labute approximate surface area is 93.4 Å². The molecule has 0 bridgehead atoms. The maximum absolute atomic E-state index is 11.4. The monoisotopic (exact) mass is 225 g/mol. The van der Waals surface area contributed by atoms with Gasteiger partial charge in [0.1, 0.15) is 0 Å². The van der Waals surface area contributed by atoms with Crippen LogP contribution in [0.3, 0.4) is 0 Å². The second-order valence-corrected chi connectivity index (χ2v) is 4.17. The zero-order valence-electron chi connectivity index (χ0n) is 9.32. The normalized spacial score (nSPS) is 11.1. The molecular weight excluding hydrogens is 210 g/mol. The van der Waals surface area contributed by atoms with Crippen molar-refractivity contribution in [1.29, 1.82) is 0 Å². The minimum absolute atomic E-state index is 0.230. The quantitative estimate of drug-likeness (QED) is 0.796. The van der Waals surface area contributed by atoms with Crippen molar-refractivity contribution in [1.82, 2.24) is 5.32 Å². The summed E-state index contributed by atoms with van der Waals surface area (Å²) in [6.45, 7) is 3.54. The van der Waals surface area contributed by atoms with Gasteiger partial charge in [0.05, 0.1) is 11.7 Å². The minimum atomic E-state index is -0.875. The molecule has 0 spiro atoms. The lowest BCUT2D eigenvalue weighted by molar-refractivity contribution is -0.147. The lowest BCUT2D eigenvalue weighted by atomic mass is 9.90. The highest BCUT2D eigenvalue weighted by molar-refractivity contribution is 5.91. The van der Waals surface area contributed by atoms with E-state index in [0.717, 1.165) is 0 Å². The number of amides is 1. The lowest BCUT2D eigenvalue weighted by Gasteiger charge is -2.18. The lowest BCUT2D eigenvalue weighted by Crippen LogP contribution is -2.31. The maximum atomic E-state index is 11.4. The van der Waals surface area contributed by atoms with E-state index in [9.17, 15) is 9.59 Å². The topological polar surface area (TPSA) is 79.5 Å². The molecule has 5 nitrogen and oxygen atoms in total. The number of aliphatic carboxylic acids is 1. The third-order valence-corrected chi connectivity index (χ3v) is 2.36. The van der Waals surface area contributed by atoms with Gasteiger partial charge in [-0.3, -0.25) is 9.59 Å². The fourth-order valence-corrected chi connectivity index (χ4v) is 1.09. The van der Waals surface area contributed by atoms with Crippen molar-refractivity contribution < 1.29 is 19.1 Å². The van der Waals surface area contributed by atoms with E-state index in [0.29, 0.717) is 13.0 Å². The van der Waals surface area contributed by atoms with Gasteiger partial charge in [-0.15, -0.1) is 0 Å². The summed E-state index contributed by atoms with van der Waals surface area (Å²) in [5.41, 5.74) is -0.837. The standard InChI is InChI=1S/C11H15NO4/c1-11(2,10(14)15)5-6-12-9(13)8-4-3-7-16-8/h3-4,7H,5-6H2,1-2H3,(H,12,13)(H,14,15). The van der Waals surface area contributed by atoms with Crippen LogP contribution in [0.2, 0.25) is 0 Å². The number of carboxylic acid groups (broad SMARTS) is 1. The number of hydrogen-bond acceptors (Lipinski definition) is 3. The molecule has 1 amide bonds. The first kappa shape index (κ1) is 12.3. The van der Waals surface area contributed by atoms with E-state index in [4.69, 9.17) is 9.52 Å². The Morgan fingerprint density at radius 1 is 1.50 bits per heavy atom. The summed E-state index contributed by atoms with van der Waals surface area (Å²) >= 11 is 0. The second kappa shape index (κ2) is 4.83.